The SMILES string of the molecule is CCOc1ccc(C(=O)N[C@@H](C)c2ccc(F)cc2)cc1COc1cccc2ccccc12. The van der Waals surface area contributed by atoms with Crippen molar-refractivity contribution in [2.45, 2.75) is 26.5 Å². The predicted octanol–water partition coefficient (Wildman–Crippen LogP) is 6.45. The van der Waals surface area contributed by atoms with Crippen LogP contribution in [0.1, 0.15) is 41.4 Å². The normalized spacial score (nSPS) is 11.7. The van der Waals surface area contributed by atoms with Crippen LogP contribution in [0.3, 0.4) is 0 Å². The molecule has 0 fully saturated rings. The third-order valence-corrected chi connectivity index (χ3v) is 5.47. The van der Waals surface area contributed by atoms with Crippen LogP contribution in [-0.4, -0.2) is 12.5 Å². The molecule has 0 aliphatic rings. The van der Waals surface area contributed by atoms with Crippen LogP contribution in [0.15, 0.2) is 84.9 Å². The summed E-state index contributed by atoms with van der Waals surface area (Å²) in [6, 6.07) is 25.1. The summed E-state index contributed by atoms with van der Waals surface area (Å²) in [6.45, 7) is 4.55. The van der Waals surface area contributed by atoms with Gasteiger partial charge in [0.1, 0.15) is 23.9 Å². The fourth-order valence-electron chi connectivity index (χ4n) is 3.72. The van der Waals surface area contributed by atoms with E-state index in [2.05, 4.69) is 5.32 Å². The van der Waals surface area contributed by atoms with Crippen LogP contribution in [0.25, 0.3) is 10.8 Å². The molecule has 0 radical (unpaired) electrons. The van der Waals surface area contributed by atoms with Crippen molar-refractivity contribution in [1.29, 1.82) is 0 Å². The Morgan fingerprint density at radius 3 is 2.45 bits per heavy atom. The Kier molecular flexibility index (Phi) is 6.89. The second kappa shape index (κ2) is 10.2. The zero-order valence-electron chi connectivity index (χ0n) is 18.7. The highest BCUT2D eigenvalue weighted by Gasteiger charge is 2.15. The molecule has 0 saturated heterocycles. The maximum Gasteiger partial charge on any atom is 0.251 e. The molecule has 0 saturated carbocycles. The van der Waals surface area contributed by atoms with E-state index in [4.69, 9.17) is 9.47 Å². The number of halogens is 1. The molecule has 1 amide bonds. The standard InChI is InChI=1S/C28H26FNO3/c1-3-32-26-16-13-22(28(31)30-19(2)20-11-14-24(29)15-12-20)17-23(26)18-33-27-10-6-8-21-7-4-5-9-25(21)27/h4-17,19H,3,18H2,1-2H3,(H,30,31)/t19-/m0/s1. The summed E-state index contributed by atoms with van der Waals surface area (Å²) >= 11 is 0. The average Bonchev–Trinajstić information content (AvgIpc) is 2.84. The van der Waals surface area contributed by atoms with Gasteiger partial charge in [-0.15, -0.1) is 0 Å². The molecule has 0 aromatic heterocycles. The van der Waals surface area contributed by atoms with E-state index < -0.39 is 0 Å². The third-order valence-electron chi connectivity index (χ3n) is 5.47. The Morgan fingerprint density at radius 1 is 0.909 bits per heavy atom. The molecule has 1 N–H and O–H groups in total. The maximum atomic E-state index is 13.2. The highest BCUT2D eigenvalue weighted by molar-refractivity contribution is 5.95. The fourth-order valence-corrected chi connectivity index (χ4v) is 3.72. The van der Waals surface area contributed by atoms with Gasteiger partial charge in [0.25, 0.3) is 5.91 Å². The Hall–Kier alpha value is -3.86. The van der Waals surface area contributed by atoms with Gasteiger partial charge in [0.15, 0.2) is 0 Å². The molecular formula is C28H26FNO3. The lowest BCUT2D eigenvalue weighted by Crippen LogP contribution is -2.26. The first-order valence-electron chi connectivity index (χ1n) is 11.0. The average molecular weight is 444 g/mol. The van der Waals surface area contributed by atoms with Gasteiger partial charge in [-0.05, 0) is 61.2 Å². The summed E-state index contributed by atoms with van der Waals surface area (Å²) in [4.78, 5) is 12.9. The highest BCUT2D eigenvalue weighted by atomic mass is 19.1. The molecule has 4 rings (SSSR count). The van der Waals surface area contributed by atoms with Gasteiger partial charge in [-0.1, -0.05) is 48.5 Å². The van der Waals surface area contributed by atoms with Gasteiger partial charge in [0, 0.05) is 16.5 Å². The number of nitrogens with one attached hydrogen (secondary N) is 1. The summed E-state index contributed by atoms with van der Waals surface area (Å²) in [5, 5.41) is 5.09. The van der Waals surface area contributed by atoms with E-state index >= 15 is 0 Å². The van der Waals surface area contributed by atoms with E-state index in [1.807, 2.05) is 56.3 Å². The number of carbonyl (C=O) groups is 1. The van der Waals surface area contributed by atoms with Crippen LogP contribution in [0.2, 0.25) is 0 Å². The van der Waals surface area contributed by atoms with E-state index in [0.717, 1.165) is 27.6 Å². The molecule has 0 spiro atoms. The summed E-state index contributed by atoms with van der Waals surface area (Å²) in [7, 11) is 0. The molecule has 0 aliphatic heterocycles. The first kappa shape index (κ1) is 22.3. The Morgan fingerprint density at radius 2 is 1.67 bits per heavy atom. The molecule has 0 aliphatic carbocycles. The largest absolute Gasteiger partial charge is 0.493 e. The predicted molar refractivity (Wildman–Crippen MR) is 128 cm³/mol. The van der Waals surface area contributed by atoms with Crippen molar-refractivity contribution in [1.82, 2.24) is 5.32 Å². The lowest BCUT2D eigenvalue weighted by molar-refractivity contribution is 0.0939. The lowest BCUT2D eigenvalue weighted by Gasteiger charge is -2.17. The zero-order chi connectivity index (χ0) is 23.2. The highest BCUT2D eigenvalue weighted by Crippen LogP contribution is 2.28. The molecule has 0 heterocycles. The number of rotatable bonds is 8. The van der Waals surface area contributed by atoms with Gasteiger partial charge < -0.3 is 14.8 Å². The van der Waals surface area contributed by atoms with Crippen LogP contribution >= 0.6 is 0 Å². The van der Waals surface area contributed by atoms with Crippen molar-refractivity contribution in [2.75, 3.05) is 6.61 Å². The van der Waals surface area contributed by atoms with E-state index in [-0.39, 0.29) is 24.4 Å². The van der Waals surface area contributed by atoms with Gasteiger partial charge in [-0.2, -0.15) is 0 Å². The molecule has 4 aromatic rings. The molecule has 33 heavy (non-hydrogen) atoms. The third kappa shape index (κ3) is 5.32. The monoisotopic (exact) mass is 443 g/mol. The lowest BCUT2D eigenvalue weighted by atomic mass is 10.1. The van der Waals surface area contributed by atoms with Crippen LogP contribution in [-0.2, 0) is 6.61 Å². The number of hydrogen-bond acceptors (Lipinski definition) is 3. The quantitative estimate of drug-likeness (QED) is 0.341. The number of hydrogen-bond donors (Lipinski definition) is 1. The van der Waals surface area contributed by atoms with Crippen molar-refractivity contribution in [2.24, 2.45) is 0 Å². The molecule has 168 valence electrons. The van der Waals surface area contributed by atoms with Crippen molar-refractivity contribution in [3.63, 3.8) is 0 Å². The van der Waals surface area contributed by atoms with E-state index in [1.165, 1.54) is 12.1 Å². The molecule has 1 atom stereocenters. The number of benzene rings is 4. The molecular weight excluding hydrogens is 417 g/mol. The Labute approximate surface area is 193 Å². The van der Waals surface area contributed by atoms with Gasteiger partial charge in [-0.25, -0.2) is 4.39 Å². The minimum Gasteiger partial charge on any atom is -0.493 e. The number of carbonyl (C=O) groups excluding carboxylic acids is 1. The van der Waals surface area contributed by atoms with E-state index in [1.54, 1.807) is 30.3 Å². The minimum absolute atomic E-state index is 0.221. The second-order valence-corrected chi connectivity index (χ2v) is 7.77. The van der Waals surface area contributed by atoms with Crippen LogP contribution in [0.5, 0.6) is 11.5 Å². The fraction of sp³-hybridized carbons (Fsp3) is 0.179. The van der Waals surface area contributed by atoms with Crippen molar-refractivity contribution in [3.05, 3.63) is 107 Å². The van der Waals surface area contributed by atoms with Gasteiger partial charge >= 0.3 is 0 Å². The Balaban J connectivity index is 1.53. The molecule has 0 unspecified atom stereocenters. The molecule has 5 heteroatoms. The van der Waals surface area contributed by atoms with Crippen molar-refractivity contribution < 1.29 is 18.7 Å². The minimum atomic E-state index is -0.306. The number of fused-ring (bicyclic) bond motifs is 1. The first-order chi connectivity index (χ1) is 16.0. The van der Waals surface area contributed by atoms with Gasteiger partial charge in [-0.3, -0.25) is 4.79 Å². The molecule has 0 bridgehead atoms. The topological polar surface area (TPSA) is 47.6 Å². The Bertz CT molecular complexity index is 1250. The first-order valence-corrected chi connectivity index (χ1v) is 11.0. The van der Waals surface area contributed by atoms with Crippen molar-refractivity contribution in [3.8, 4) is 11.5 Å². The van der Waals surface area contributed by atoms with Crippen LogP contribution in [0, 0.1) is 5.82 Å². The summed E-state index contributed by atoms with van der Waals surface area (Å²) in [5.74, 6) is 0.928. The van der Waals surface area contributed by atoms with Crippen molar-refractivity contribution >= 4 is 16.7 Å². The summed E-state index contributed by atoms with van der Waals surface area (Å²) < 4.78 is 25.1. The van der Waals surface area contributed by atoms with Crippen LogP contribution in [0.4, 0.5) is 4.39 Å². The summed E-state index contributed by atoms with van der Waals surface area (Å²) in [5.41, 5.74) is 2.12. The van der Waals surface area contributed by atoms with Crippen LogP contribution < -0.4 is 14.8 Å². The number of ether oxygens (including phenoxy) is 2. The number of amides is 1. The second-order valence-electron chi connectivity index (χ2n) is 7.77. The molecule has 4 nitrogen and oxygen atoms in total. The van der Waals surface area contributed by atoms with Gasteiger partial charge in [0.05, 0.1) is 12.6 Å². The van der Waals surface area contributed by atoms with E-state index in [0.29, 0.717) is 17.9 Å². The zero-order valence-corrected chi connectivity index (χ0v) is 18.7. The maximum absolute atomic E-state index is 13.2. The summed E-state index contributed by atoms with van der Waals surface area (Å²) in [6.07, 6.45) is 0. The smallest absolute Gasteiger partial charge is 0.251 e. The van der Waals surface area contributed by atoms with Gasteiger partial charge in [0.2, 0.25) is 0 Å². The van der Waals surface area contributed by atoms with E-state index in [9.17, 15) is 9.18 Å². The molecule has 4 aromatic carbocycles.